The van der Waals surface area contributed by atoms with Gasteiger partial charge in [-0.2, -0.15) is 0 Å². The Balaban J connectivity index is 2.08. The van der Waals surface area contributed by atoms with Gasteiger partial charge in [0.2, 0.25) is 0 Å². The van der Waals surface area contributed by atoms with Crippen molar-refractivity contribution in [2.75, 3.05) is 39.8 Å². The van der Waals surface area contributed by atoms with Crippen LogP contribution in [0.2, 0.25) is 0 Å². The standard InChI is InChI=1S/C13H29N3/c1-5-15(4)11-8-14-13-6-9-16(10-7-13)12(2)3/h12-14H,5-11H2,1-4H3. The molecule has 0 aromatic rings. The van der Waals surface area contributed by atoms with Gasteiger partial charge < -0.3 is 15.1 Å². The van der Waals surface area contributed by atoms with Crippen LogP contribution in [0.4, 0.5) is 0 Å². The van der Waals surface area contributed by atoms with Gasteiger partial charge in [0.05, 0.1) is 0 Å². The Morgan fingerprint density at radius 2 is 1.94 bits per heavy atom. The van der Waals surface area contributed by atoms with Gasteiger partial charge in [-0.05, 0) is 53.4 Å². The summed E-state index contributed by atoms with van der Waals surface area (Å²) in [6.45, 7) is 12.8. The summed E-state index contributed by atoms with van der Waals surface area (Å²) in [5.74, 6) is 0. The monoisotopic (exact) mass is 227 g/mol. The molecule has 0 atom stereocenters. The summed E-state index contributed by atoms with van der Waals surface area (Å²) in [6.07, 6.45) is 2.63. The van der Waals surface area contributed by atoms with Crippen molar-refractivity contribution >= 4 is 0 Å². The number of nitrogens with one attached hydrogen (secondary N) is 1. The van der Waals surface area contributed by atoms with Crippen molar-refractivity contribution in [3.63, 3.8) is 0 Å². The number of hydrogen-bond donors (Lipinski definition) is 1. The third-order valence-electron chi connectivity index (χ3n) is 3.73. The molecule has 0 radical (unpaired) electrons. The minimum Gasteiger partial charge on any atom is -0.313 e. The van der Waals surface area contributed by atoms with Gasteiger partial charge in [0.25, 0.3) is 0 Å². The average molecular weight is 227 g/mol. The number of likely N-dealkylation sites (tertiary alicyclic amines) is 1. The van der Waals surface area contributed by atoms with Gasteiger partial charge >= 0.3 is 0 Å². The summed E-state index contributed by atoms with van der Waals surface area (Å²) in [7, 11) is 2.18. The first kappa shape index (κ1) is 13.9. The summed E-state index contributed by atoms with van der Waals surface area (Å²) in [5.41, 5.74) is 0. The third-order valence-corrected chi connectivity index (χ3v) is 3.73. The lowest BCUT2D eigenvalue weighted by Crippen LogP contribution is -2.46. The van der Waals surface area contributed by atoms with Crippen molar-refractivity contribution in [2.24, 2.45) is 0 Å². The molecule has 16 heavy (non-hydrogen) atoms. The predicted molar refractivity (Wildman–Crippen MR) is 70.9 cm³/mol. The maximum atomic E-state index is 3.68. The lowest BCUT2D eigenvalue weighted by Gasteiger charge is -2.35. The van der Waals surface area contributed by atoms with E-state index in [1.54, 1.807) is 0 Å². The molecule has 0 spiro atoms. The molecule has 1 N–H and O–H groups in total. The fourth-order valence-corrected chi connectivity index (χ4v) is 2.24. The SMILES string of the molecule is CCN(C)CCNC1CCN(C(C)C)CC1. The molecule has 1 rings (SSSR count). The van der Waals surface area contributed by atoms with E-state index >= 15 is 0 Å². The van der Waals surface area contributed by atoms with Crippen LogP contribution in [-0.4, -0.2) is 61.7 Å². The van der Waals surface area contributed by atoms with Crippen LogP contribution in [0, 0.1) is 0 Å². The second-order valence-electron chi connectivity index (χ2n) is 5.25. The molecule has 0 aliphatic carbocycles. The zero-order valence-corrected chi connectivity index (χ0v) is 11.5. The van der Waals surface area contributed by atoms with E-state index in [4.69, 9.17) is 0 Å². The molecule has 0 unspecified atom stereocenters. The lowest BCUT2D eigenvalue weighted by molar-refractivity contribution is 0.160. The Bertz CT molecular complexity index is 174. The summed E-state index contributed by atoms with van der Waals surface area (Å²) in [4.78, 5) is 4.94. The lowest BCUT2D eigenvalue weighted by atomic mass is 10.0. The van der Waals surface area contributed by atoms with Crippen molar-refractivity contribution in [3.05, 3.63) is 0 Å². The van der Waals surface area contributed by atoms with E-state index in [0.717, 1.165) is 19.1 Å². The van der Waals surface area contributed by atoms with Gasteiger partial charge in [-0.25, -0.2) is 0 Å². The molecule has 1 heterocycles. The molecular formula is C13H29N3. The molecule has 0 amide bonds. The van der Waals surface area contributed by atoms with Crippen LogP contribution in [0.5, 0.6) is 0 Å². The third kappa shape index (κ3) is 4.81. The van der Waals surface area contributed by atoms with Crippen molar-refractivity contribution in [1.82, 2.24) is 15.1 Å². The molecule has 0 aromatic carbocycles. The van der Waals surface area contributed by atoms with Crippen molar-refractivity contribution in [1.29, 1.82) is 0 Å². The first-order chi connectivity index (χ1) is 7.63. The maximum absolute atomic E-state index is 3.68. The van der Waals surface area contributed by atoms with Gasteiger partial charge in [-0.3, -0.25) is 0 Å². The van der Waals surface area contributed by atoms with E-state index in [2.05, 4.69) is 42.9 Å². The number of rotatable bonds is 6. The van der Waals surface area contributed by atoms with E-state index in [-0.39, 0.29) is 0 Å². The van der Waals surface area contributed by atoms with Crippen molar-refractivity contribution < 1.29 is 0 Å². The van der Waals surface area contributed by atoms with Crippen LogP contribution in [0.1, 0.15) is 33.6 Å². The fraction of sp³-hybridized carbons (Fsp3) is 1.00. The molecule has 0 bridgehead atoms. The molecule has 96 valence electrons. The molecule has 0 saturated carbocycles. The first-order valence-electron chi connectivity index (χ1n) is 6.79. The van der Waals surface area contributed by atoms with E-state index in [0.29, 0.717) is 6.04 Å². The second-order valence-corrected chi connectivity index (χ2v) is 5.25. The Morgan fingerprint density at radius 3 is 2.44 bits per heavy atom. The summed E-state index contributed by atoms with van der Waals surface area (Å²) in [5, 5.41) is 3.68. The van der Waals surface area contributed by atoms with Crippen LogP contribution in [-0.2, 0) is 0 Å². The van der Waals surface area contributed by atoms with Gasteiger partial charge in [0, 0.05) is 25.2 Å². The Kier molecular flexibility index (Phi) is 6.32. The fourth-order valence-electron chi connectivity index (χ4n) is 2.24. The molecule has 1 saturated heterocycles. The Hall–Kier alpha value is -0.120. The smallest absolute Gasteiger partial charge is 0.0104 e. The summed E-state index contributed by atoms with van der Waals surface area (Å²) < 4.78 is 0. The van der Waals surface area contributed by atoms with Crippen LogP contribution in [0.25, 0.3) is 0 Å². The van der Waals surface area contributed by atoms with E-state index in [1.165, 1.54) is 32.5 Å². The predicted octanol–water partition coefficient (Wildman–Crippen LogP) is 1.40. The Morgan fingerprint density at radius 1 is 1.31 bits per heavy atom. The average Bonchev–Trinajstić information content (AvgIpc) is 2.29. The van der Waals surface area contributed by atoms with Crippen molar-refractivity contribution in [3.8, 4) is 0 Å². The van der Waals surface area contributed by atoms with E-state index in [9.17, 15) is 0 Å². The molecule has 3 nitrogen and oxygen atoms in total. The number of likely N-dealkylation sites (N-methyl/N-ethyl adjacent to an activating group) is 1. The number of hydrogen-bond acceptors (Lipinski definition) is 3. The van der Waals surface area contributed by atoms with Crippen molar-refractivity contribution in [2.45, 2.75) is 45.7 Å². The summed E-state index contributed by atoms with van der Waals surface area (Å²) >= 11 is 0. The maximum Gasteiger partial charge on any atom is 0.0104 e. The minimum absolute atomic E-state index is 0.715. The molecule has 1 fully saturated rings. The molecular weight excluding hydrogens is 198 g/mol. The van der Waals surface area contributed by atoms with Gasteiger partial charge in [-0.15, -0.1) is 0 Å². The minimum atomic E-state index is 0.715. The molecule has 3 heteroatoms. The Labute approximate surface area is 101 Å². The molecule has 1 aliphatic rings. The number of nitrogens with zero attached hydrogens (tertiary/aromatic N) is 2. The van der Waals surface area contributed by atoms with Crippen LogP contribution in [0.3, 0.4) is 0 Å². The summed E-state index contributed by atoms with van der Waals surface area (Å²) in [6, 6.07) is 1.47. The highest BCUT2D eigenvalue weighted by molar-refractivity contribution is 4.78. The highest BCUT2D eigenvalue weighted by atomic mass is 15.2. The zero-order valence-electron chi connectivity index (χ0n) is 11.5. The van der Waals surface area contributed by atoms with E-state index < -0.39 is 0 Å². The van der Waals surface area contributed by atoms with Crippen LogP contribution < -0.4 is 5.32 Å². The quantitative estimate of drug-likeness (QED) is 0.740. The highest BCUT2D eigenvalue weighted by Gasteiger charge is 2.19. The zero-order chi connectivity index (χ0) is 12.0. The number of piperidine rings is 1. The van der Waals surface area contributed by atoms with Crippen LogP contribution in [0.15, 0.2) is 0 Å². The van der Waals surface area contributed by atoms with Gasteiger partial charge in [0.1, 0.15) is 0 Å². The highest BCUT2D eigenvalue weighted by Crippen LogP contribution is 2.12. The van der Waals surface area contributed by atoms with E-state index in [1.807, 2.05) is 0 Å². The van der Waals surface area contributed by atoms with Crippen LogP contribution >= 0.6 is 0 Å². The molecule has 1 aliphatic heterocycles. The largest absolute Gasteiger partial charge is 0.313 e. The normalized spacial score (nSPS) is 19.9. The topological polar surface area (TPSA) is 18.5 Å². The van der Waals surface area contributed by atoms with Gasteiger partial charge in [-0.1, -0.05) is 6.92 Å². The van der Waals surface area contributed by atoms with Gasteiger partial charge in [0.15, 0.2) is 0 Å². The second kappa shape index (κ2) is 7.25. The molecule has 0 aromatic heterocycles. The first-order valence-corrected chi connectivity index (χ1v) is 6.79.